The van der Waals surface area contributed by atoms with Crippen molar-refractivity contribution in [1.82, 2.24) is 4.90 Å². The minimum Gasteiger partial charge on any atom is -0.377 e. The molecule has 2 N–H and O–H groups in total. The molecule has 3 unspecified atom stereocenters. The van der Waals surface area contributed by atoms with Gasteiger partial charge in [0, 0.05) is 25.2 Å². The summed E-state index contributed by atoms with van der Waals surface area (Å²) in [5.74, 6) is 0. The van der Waals surface area contributed by atoms with Crippen LogP contribution < -0.4 is 5.73 Å². The molecule has 3 heteroatoms. The molecule has 0 aromatic carbocycles. The third kappa shape index (κ3) is 2.93. The predicted octanol–water partition coefficient (Wildman–Crippen LogP) is 0.833. The summed E-state index contributed by atoms with van der Waals surface area (Å²) in [6.45, 7) is 6.16. The van der Waals surface area contributed by atoms with Crippen LogP contribution in [0.15, 0.2) is 0 Å². The quantitative estimate of drug-likeness (QED) is 0.707. The van der Waals surface area contributed by atoms with E-state index >= 15 is 0 Å². The van der Waals surface area contributed by atoms with E-state index in [1.807, 2.05) is 0 Å². The first kappa shape index (κ1) is 11.0. The summed E-state index contributed by atoms with van der Waals surface area (Å²) in [4.78, 5) is 2.34. The van der Waals surface area contributed by atoms with Gasteiger partial charge in [0.25, 0.3) is 0 Å². The second kappa shape index (κ2) is 4.94. The average molecular weight is 186 g/mol. The summed E-state index contributed by atoms with van der Waals surface area (Å²) < 4.78 is 5.52. The van der Waals surface area contributed by atoms with Crippen LogP contribution in [0.5, 0.6) is 0 Å². The molecule has 0 aromatic heterocycles. The molecule has 0 spiro atoms. The van der Waals surface area contributed by atoms with E-state index in [9.17, 15) is 0 Å². The van der Waals surface area contributed by atoms with Crippen LogP contribution in [0.1, 0.15) is 26.7 Å². The molecule has 78 valence electrons. The lowest BCUT2D eigenvalue weighted by Gasteiger charge is -2.28. The Labute approximate surface area is 81.2 Å². The summed E-state index contributed by atoms with van der Waals surface area (Å²) in [6.07, 6.45) is 2.56. The van der Waals surface area contributed by atoms with Gasteiger partial charge >= 0.3 is 0 Å². The van der Waals surface area contributed by atoms with Crippen LogP contribution >= 0.6 is 0 Å². The first-order chi connectivity index (χ1) is 6.15. The zero-order valence-corrected chi connectivity index (χ0v) is 8.99. The van der Waals surface area contributed by atoms with Gasteiger partial charge in [-0.05, 0) is 26.8 Å². The highest BCUT2D eigenvalue weighted by Gasteiger charge is 2.28. The Kier molecular flexibility index (Phi) is 4.16. The molecule has 1 rings (SSSR count). The Morgan fingerprint density at radius 2 is 2.31 bits per heavy atom. The van der Waals surface area contributed by atoms with Gasteiger partial charge < -0.3 is 10.5 Å². The van der Waals surface area contributed by atoms with Crippen LogP contribution in [0.4, 0.5) is 0 Å². The van der Waals surface area contributed by atoms with E-state index in [4.69, 9.17) is 10.5 Å². The van der Waals surface area contributed by atoms with Crippen molar-refractivity contribution in [3.05, 3.63) is 0 Å². The van der Waals surface area contributed by atoms with Crippen molar-refractivity contribution in [3.8, 4) is 0 Å². The molecule has 0 amide bonds. The number of hydrogen-bond donors (Lipinski definition) is 1. The zero-order valence-electron chi connectivity index (χ0n) is 8.99. The summed E-state index contributed by atoms with van der Waals surface area (Å²) in [5.41, 5.74) is 5.90. The van der Waals surface area contributed by atoms with Gasteiger partial charge in [-0.3, -0.25) is 4.90 Å². The summed E-state index contributed by atoms with van der Waals surface area (Å²) in [5, 5.41) is 0. The van der Waals surface area contributed by atoms with Gasteiger partial charge in [0.2, 0.25) is 0 Å². The maximum absolute atomic E-state index is 5.90. The largest absolute Gasteiger partial charge is 0.377 e. The van der Waals surface area contributed by atoms with E-state index in [0.717, 1.165) is 26.0 Å². The standard InChI is InChI=1S/C10H22N2O/c1-4-9(11)7-12(3)10-5-6-13-8(10)2/h8-10H,4-7,11H2,1-3H3. The van der Waals surface area contributed by atoms with Crippen LogP contribution in [0.2, 0.25) is 0 Å². The molecule has 0 aliphatic carbocycles. The molecule has 1 aliphatic rings. The maximum atomic E-state index is 5.90. The van der Waals surface area contributed by atoms with Gasteiger partial charge in [-0.15, -0.1) is 0 Å². The van der Waals surface area contributed by atoms with E-state index < -0.39 is 0 Å². The van der Waals surface area contributed by atoms with Crippen molar-refractivity contribution in [3.63, 3.8) is 0 Å². The number of nitrogens with two attached hydrogens (primary N) is 1. The van der Waals surface area contributed by atoms with Crippen molar-refractivity contribution >= 4 is 0 Å². The topological polar surface area (TPSA) is 38.5 Å². The minimum atomic E-state index is 0.304. The Morgan fingerprint density at radius 3 is 2.77 bits per heavy atom. The number of ether oxygens (including phenoxy) is 1. The molecule has 1 aliphatic heterocycles. The van der Waals surface area contributed by atoms with Gasteiger partial charge in [-0.1, -0.05) is 6.92 Å². The highest BCUT2D eigenvalue weighted by atomic mass is 16.5. The van der Waals surface area contributed by atoms with Crippen molar-refractivity contribution < 1.29 is 4.74 Å². The van der Waals surface area contributed by atoms with E-state index in [1.54, 1.807) is 0 Å². The van der Waals surface area contributed by atoms with Crippen molar-refractivity contribution in [2.75, 3.05) is 20.2 Å². The molecule has 1 saturated heterocycles. The lowest BCUT2D eigenvalue weighted by Crippen LogP contribution is -2.43. The highest BCUT2D eigenvalue weighted by Crippen LogP contribution is 2.18. The third-order valence-corrected chi connectivity index (χ3v) is 2.95. The molecule has 3 atom stereocenters. The monoisotopic (exact) mass is 186 g/mol. The Morgan fingerprint density at radius 1 is 1.62 bits per heavy atom. The Balaban J connectivity index is 2.33. The Hall–Kier alpha value is -0.120. The van der Waals surface area contributed by atoms with Gasteiger partial charge in [-0.2, -0.15) is 0 Å². The lowest BCUT2D eigenvalue weighted by atomic mass is 10.1. The molecule has 0 saturated carbocycles. The number of nitrogens with zero attached hydrogens (tertiary/aromatic N) is 1. The molecule has 3 nitrogen and oxygen atoms in total. The van der Waals surface area contributed by atoms with E-state index in [0.29, 0.717) is 18.2 Å². The highest BCUT2D eigenvalue weighted by molar-refractivity contribution is 4.81. The summed E-state index contributed by atoms with van der Waals surface area (Å²) >= 11 is 0. The molecular weight excluding hydrogens is 164 g/mol. The molecule has 1 heterocycles. The smallest absolute Gasteiger partial charge is 0.0702 e. The number of hydrogen-bond acceptors (Lipinski definition) is 3. The zero-order chi connectivity index (χ0) is 9.84. The van der Waals surface area contributed by atoms with Crippen molar-refractivity contribution in [2.24, 2.45) is 5.73 Å². The Bertz CT molecular complexity index is 152. The molecule has 1 fully saturated rings. The van der Waals surface area contributed by atoms with Crippen LogP contribution in [0, 0.1) is 0 Å². The molecule has 0 bridgehead atoms. The van der Waals surface area contributed by atoms with Crippen molar-refractivity contribution in [1.29, 1.82) is 0 Å². The second-order valence-electron chi connectivity index (χ2n) is 4.04. The summed E-state index contributed by atoms with van der Waals surface area (Å²) in [6, 6.07) is 0.871. The van der Waals surface area contributed by atoms with Crippen LogP contribution in [-0.4, -0.2) is 43.3 Å². The number of likely N-dealkylation sites (N-methyl/N-ethyl adjacent to an activating group) is 1. The normalized spacial score (nSPS) is 31.2. The SMILES string of the molecule is CCC(N)CN(C)C1CCOC1C. The first-order valence-electron chi connectivity index (χ1n) is 5.22. The number of rotatable bonds is 4. The van der Waals surface area contributed by atoms with E-state index in [2.05, 4.69) is 25.8 Å². The average Bonchev–Trinajstić information content (AvgIpc) is 2.51. The first-order valence-corrected chi connectivity index (χ1v) is 5.22. The second-order valence-corrected chi connectivity index (χ2v) is 4.04. The predicted molar refractivity (Wildman–Crippen MR) is 54.7 cm³/mol. The fourth-order valence-electron chi connectivity index (χ4n) is 1.93. The van der Waals surface area contributed by atoms with Crippen LogP contribution in [-0.2, 0) is 4.74 Å². The van der Waals surface area contributed by atoms with E-state index in [1.165, 1.54) is 0 Å². The molecule has 0 radical (unpaired) electrons. The minimum absolute atomic E-state index is 0.304. The molecule has 13 heavy (non-hydrogen) atoms. The van der Waals surface area contributed by atoms with Crippen LogP contribution in [0.25, 0.3) is 0 Å². The fraction of sp³-hybridized carbons (Fsp3) is 1.00. The molecule has 0 aromatic rings. The van der Waals surface area contributed by atoms with Gasteiger partial charge in [0.05, 0.1) is 6.10 Å². The van der Waals surface area contributed by atoms with Gasteiger partial charge in [0.15, 0.2) is 0 Å². The van der Waals surface area contributed by atoms with Crippen molar-refractivity contribution in [2.45, 2.75) is 44.9 Å². The lowest BCUT2D eigenvalue weighted by molar-refractivity contribution is 0.0817. The van der Waals surface area contributed by atoms with Gasteiger partial charge in [0.1, 0.15) is 0 Å². The van der Waals surface area contributed by atoms with Crippen LogP contribution in [0.3, 0.4) is 0 Å². The fourth-order valence-corrected chi connectivity index (χ4v) is 1.93. The van der Waals surface area contributed by atoms with Gasteiger partial charge in [-0.25, -0.2) is 0 Å². The van der Waals surface area contributed by atoms with E-state index in [-0.39, 0.29) is 0 Å². The maximum Gasteiger partial charge on any atom is 0.0702 e. The molecular formula is C10H22N2O. The third-order valence-electron chi connectivity index (χ3n) is 2.95. The summed E-state index contributed by atoms with van der Waals surface area (Å²) in [7, 11) is 2.14.